The highest BCUT2D eigenvalue weighted by Crippen LogP contribution is 2.51. The summed E-state index contributed by atoms with van der Waals surface area (Å²) in [6, 6.07) is 7.43. The summed E-state index contributed by atoms with van der Waals surface area (Å²) < 4.78 is 0. The molecule has 1 nitrogen and oxygen atoms in total. The second-order valence-corrected chi connectivity index (χ2v) is 4.69. The van der Waals surface area contributed by atoms with Crippen LogP contribution in [0.2, 0.25) is 0 Å². The predicted molar refractivity (Wildman–Crippen MR) is 58.5 cm³/mol. The van der Waals surface area contributed by atoms with Gasteiger partial charge in [-0.1, -0.05) is 25.1 Å². The number of aryl methyl sites for hydroxylation is 1. The van der Waals surface area contributed by atoms with Crippen molar-refractivity contribution in [3.8, 4) is 0 Å². The minimum Gasteiger partial charge on any atom is -0.313 e. The Morgan fingerprint density at radius 3 is 3.00 bits per heavy atom. The van der Waals surface area contributed by atoms with Crippen molar-refractivity contribution in [2.75, 3.05) is 7.05 Å². The lowest BCUT2D eigenvalue weighted by molar-refractivity contribution is 0.381. The number of nitrogens with one attached hydrogen (secondary N) is 1. The average Bonchev–Trinajstić information content (AvgIpc) is 2.73. The van der Waals surface area contributed by atoms with E-state index in [1.54, 1.807) is 16.7 Å². The van der Waals surface area contributed by atoms with Crippen LogP contribution in [-0.2, 0) is 6.42 Å². The zero-order chi connectivity index (χ0) is 9.71. The topological polar surface area (TPSA) is 12.0 Å². The molecule has 1 N–H and O–H groups in total. The van der Waals surface area contributed by atoms with Gasteiger partial charge in [0.05, 0.1) is 0 Å². The van der Waals surface area contributed by atoms with Gasteiger partial charge in [-0.15, -0.1) is 0 Å². The van der Waals surface area contributed by atoms with Crippen molar-refractivity contribution in [2.45, 2.75) is 31.7 Å². The van der Waals surface area contributed by atoms with E-state index in [4.69, 9.17) is 0 Å². The van der Waals surface area contributed by atoms with Crippen molar-refractivity contribution in [3.05, 3.63) is 34.9 Å². The van der Waals surface area contributed by atoms with Crippen LogP contribution in [0.4, 0.5) is 0 Å². The molecule has 14 heavy (non-hydrogen) atoms. The first kappa shape index (κ1) is 8.49. The molecule has 2 aliphatic rings. The zero-order valence-corrected chi connectivity index (χ0v) is 8.88. The minimum atomic E-state index is 0.593. The Bertz CT molecular complexity index is 369. The second-order valence-electron chi connectivity index (χ2n) is 4.69. The SMILES string of the molecule is CNC1c2cccc3c2C(CC3)C1C. The molecule has 0 aliphatic heterocycles. The van der Waals surface area contributed by atoms with E-state index in [0.29, 0.717) is 6.04 Å². The molecule has 0 heterocycles. The molecule has 2 aliphatic carbocycles. The van der Waals surface area contributed by atoms with E-state index in [9.17, 15) is 0 Å². The first-order chi connectivity index (χ1) is 6.83. The number of benzene rings is 1. The van der Waals surface area contributed by atoms with Crippen LogP contribution in [-0.4, -0.2) is 7.05 Å². The van der Waals surface area contributed by atoms with Gasteiger partial charge < -0.3 is 5.32 Å². The normalized spacial score (nSPS) is 33.4. The van der Waals surface area contributed by atoms with Crippen LogP contribution in [0.15, 0.2) is 18.2 Å². The molecule has 0 amide bonds. The van der Waals surface area contributed by atoms with Crippen molar-refractivity contribution >= 4 is 0 Å². The lowest BCUT2D eigenvalue weighted by atomic mass is 9.93. The van der Waals surface area contributed by atoms with Crippen molar-refractivity contribution in [2.24, 2.45) is 5.92 Å². The van der Waals surface area contributed by atoms with Crippen molar-refractivity contribution in [3.63, 3.8) is 0 Å². The molecule has 3 unspecified atom stereocenters. The Morgan fingerprint density at radius 1 is 1.36 bits per heavy atom. The third-order valence-electron chi connectivity index (χ3n) is 4.13. The summed E-state index contributed by atoms with van der Waals surface area (Å²) in [6.07, 6.45) is 2.67. The third kappa shape index (κ3) is 0.885. The molecule has 0 bridgehead atoms. The van der Waals surface area contributed by atoms with Crippen LogP contribution in [0, 0.1) is 5.92 Å². The maximum absolute atomic E-state index is 3.46. The summed E-state index contributed by atoms with van der Waals surface area (Å²) in [4.78, 5) is 0. The van der Waals surface area contributed by atoms with E-state index < -0.39 is 0 Å². The fourth-order valence-corrected chi connectivity index (χ4v) is 3.49. The van der Waals surface area contributed by atoms with Crippen LogP contribution in [0.3, 0.4) is 0 Å². The molecule has 74 valence electrons. The van der Waals surface area contributed by atoms with Gasteiger partial charge in [-0.25, -0.2) is 0 Å². The van der Waals surface area contributed by atoms with Crippen LogP contribution >= 0.6 is 0 Å². The Labute approximate surface area is 85.5 Å². The van der Waals surface area contributed by atoms with E-state index >= 15 is 0 Å². The first-order valence-electron chi connectivity index (χ1n) is 5.62. The molecule has 0 saturated carbocycles. The molecule has 3 atom stereocenters. The third-order valence-corrected chi connectivity index (χ3v) is 4.13. The number of hydrogen-bond acceptors (Lipinski definition) is 1. The van der Waals surface area contributed by atoms with Gasteiger partial charge in [-0.3, -0.25) is 0 Å². The molecule has 0 radical (unpaired) electrons. The summed E-state index contributed by atoms with van der Waals surface area (Å²) >= 11 is 0. The van der Waals surface area contributed by atoms with Gasteiger partial charge in [0.2, 0.25) is 0 Å². The molecule has 1 aromatic rings. The monoisotopic (exact) mass is 187 g/mol. The summed E-state index contributed by atoms with van der Waals surface area (Å²) in [5.41, 5.74) is 4.86. The summed E-state index contributed by atoms with van der Waals surface area (Å²) in [6.45, 7) is 2.39. The fraction of sp³-hybridized carbons (Fsp3) is 0.538. The van der Waals surface area contributed by atoms with Crippen LogP contribution in [0.5, 0.6) is 0 Å². The fourth-order valence-electron chi connectivity index (χ4n) is 3.49. The number of rotatable bonds is 1. The molecular formula is C13H17N. The van der Waals surface area contributed by atoms with Gasteiger partial charge in [-0.05, 0) is 48.4 Å². The Morgan fingerprint density at radius 2 is 2.21 bits per heavy atom. The van der Waals surface area contributed by atoms with Crippen molar-refractivity contribution in [1.29, 1.82) is 0 Å². The second kappa shape index (κ2) is 2.83. The van der Waals surface area contributed by atoms with Crippen molar-refractivity contribution < 1.29 is 0 Å². The summed E-state index contributed by atoms with van der Waals surface area (Å²) in [5.74, 6) is 1.61. The molecule has 3 rings (SSSR count). The summed E-state index contributed by atoms with van der Waals surface area (Å²) in [5, 5.41) is 3.46. The molecule has 1 heteroatoms. The smallest absolute Gasteiger partial charge is 0.0352 e. The van der Waals surface area contributed by atoms with Crippen LogP contribution < -0.4 is 5.32 Å². The molecule has 0 aromatic heterocycles. The van der Waals surface area contributed by atoms with Gasteiger partial charge in [0.15, 0.2) is 0 Å². The van der Waals surface area contributed by atoms with Gasteiger partial charge in [0.1, 0.15) is 0 Å². The Balaban J connectivity index is 2.19. The van der Waals surface area contributed by atoms with Crippen molar-refractivity contribution in [1.82, 2.24) is 5.32 Å². The minimum absolute atomic E-state index is 0.593. The molecule has 0 saturated heterocycles. The van der Waals surface area contributed by atoms with Gasteiger partial charge in [0.25, 0.3) is 0 Å². The maximum atomic E-state index is 3.46. The number of hydrogen-bond donors (Lipinski definition) is 1. The highest BCUT2D eigenvalue weighted by atomic mass is 14.9. The molecule has 0 spiro atoms. The predicted octanol–water partition coefficient (Wildman–Crippen LogP) is 2.63. The van der Waals surface area contributed by atoms with Crippen LogP contribution in [0.25, 0.3) is 0 Å². The first-order valence-corrected chi connectivity index (χ1v) is 5.62. The highest BCUT2D eigenvalue weighted by Gasteiger charge is 2.40. The van der Waals surface area contributed by atoms with Gasteiger partial charge in [-0.2, -0.15) is 0 Å². The van der Waals surface area contributed by atoms with Gasteiger partial charge in [0, 0.05) is 6.04 Å². The van der Waals surface area contributed by atoms with E-state index in [0.717, 1.165) is 11.8 Å². The Hall–Kier alpha value is -0.820. The quantitative estimate of drug-likeness (QED) is 0.712. The highest BCUT2D eigenvalue weighted by molar-refractivity contribution is 5.48. The lowest BCUT2D eigenvalue weighted by Crippen LogP contribution is -2.21. The standard InChI is InChI=1S/C13H17N/c1-8-10-7-6-9-4-3-5-11(12(9)10)13(8)14-2/h3-5,8,10,13-14H,6-7H2,1-2H3. The van der Waals surface area contributed by atoms with E-state index in [2.05, 4.69) is 37.5 Å². The largest absolute Gasteiger partial charge is 0.313 e. The molecular weight excluding hydrogens is 170 g/mol. The maximum Gasteiger partial charge on any atom is 0.0352 e. The van der Waals surface area contributed by atoms with E-state index in [1.807, 2.05) is 0 Å². The average molecular weight is 187 g/mol. The summed E-state index contributed by atoms with van der Waals surface area (Å²) in [7, 11) is 2.08. The Kier molecular flexibility index (Phi) is 1.72. The molecule has 0 fully saturated rings. The van der Waals surface area contributed by atoms with Crippen LogP contribution in [0.1, 0.15) is 42.0 Å². The molecule has 1 aromatic carbocycles. The zero-order valence-electron chi connectivity index (χ0n) is 8.88. The lowest BCUT2D eigenvalue weighted by Gasteiger charge is -2.19. The van der Waals surface area contributed by atoms with E-state index in [-0.39, 0.29) is 0 Å². The van der Waals surface area contributed by atoms with E-state index in [1.165, 1.54) is 12.8 Å². The van der Waals surface area contributed by atoms with Gasteiger partial charge >= 0.3 is 0 Å².